The van der Waals surface area contributed by atoms with Crippen LogP contribution in [0.5, 0.6) is 0 Å². The van der Waals surface area contributed by atoms with E-state index < -0.39 is 5.82 Å². The maximum atomic E-state index is 14.1. The van der Waals surface area contributed by atoms with E-state index in [9.17, 15) is 13.6 Å². The van der Waals surface area contributed by atoms with Gasteiger partial charge < -0.3 is 16.0 Å². The molecule has 34 heavy (non-hydrogen) atoms. The second-order valence-electron chi connectivity index (χ2n) is 8.40. The van der Waals surface area contributed by atoms with Crippen molar-refractivity contribution in [3.8, 4) is 17.3 Å². The molecule has 1 aromatic heterocycles. The first-order chi connectivity index (χ1) is 16.3. The minimum Gasteiger partial charge on any atom is -0.368 e. The quantitative estimate of drug-likeness (QED) is 0.597. The van der Waals surface area contributed by atoms with E-state index >= 15 is 0 Å². The van der Waals surface area contributed by atoms with Crippen molar-refractivity contribution < 1.29 is 13.6 Å². The summed E-state index contributed by atoms with van der Waals surface area (Å²) in [5, 5.41) is 11.9. The van der Waals surface area contributed by atoms with Crippen LogP contribution in [0.25, 0.3) is 11.3 Å². The lowest BCUT2D eigenvalue weighted by Crippen LogP contribution is -2.47. The lowest BCUT2D eigenvalue weighted by molar-refractivity contribution is -0.125. The topological polar surface area (TPSA) is 108 Å². The highest BCUT2D eigenvalue weighted by Crippen LogP contribution is 2.30. The summed E-state index contributed by atoms with van der Waals surface area (Å²) < 4.78 is 27.2. The predicted molar refractivity (Wildman–Crippen MR) is 124 cm³/mol. The van der Waals surface area contributed by atoms with Gasteiger partial charge in [-0.1, -0.05) is 18.2 Å². The number of hydrogen-bond donors (Lipinski definition) is 2. The van der Waals surface area contributed by atoms with E-state index in [1.807, 2.05) is 11.8 Å². The molecule has 1 saturated heterocycles. The molecule has 2 atom stereocenters. The first-order valence-corrected chi connectivity index (χ1v) is 11.0. The molecule has 1 aliphatic rings. The summed E-state index contributed by atoms with van der Waals surface area (Å²) in [7, 11) is 0. The van der Waals surface area contributed by atoms with Crippen LogP contribution in [-0.2, 0) is 11.3 Å². The van der Waals surface area contributed by atoms with Gasteiger partial charge in [0.1, 0.15) is 23.5 Å². The Morgan fingerprint density at radius 1 is 1.18 bits per heavy atom. The van der Waals surface area contributed by atoms with Gasteiger partial charge in [-0.15, -0.1) is 0 Å². The second-order valence-corrected chi connectivity index (χ2v) is 8.40. The molecule has 7 nitrogen and oxygen atoms in total. The predicted octanol–water partition coefficient (Wildman–Crippen LogP) is 3.80. The molecule has 0 radical (unpaired) electrons. The standard InChI is InChI=1S/C25H24F2N6O/c1-15-2-5-19(24(34)30-13-16-3-8-20(26)9-4-16)14-33(15)23-11-22(31-25(29)32-23)17-6-7-18(12-28)21(27)10-17/h3-4,6-11,15,19H,2,5,13-14H2,1H3,(H,30,34)(H2,29,31,32). The molecule has 2 heterocycles. The summed E-state index contributed by atoms with van der Waals surface area (Å²) in [5.74, 6) is -0.716. The smallest absolute Gasteiger partial charge is 0.225 e. The van der Waals surface area contributed by atoms with Crippen LogP contribution < -0.4 is 16.0 Å². The number of nitrogen functional groups attached to an aromatic ring is 1. The van der Waals surface area contributed by atoms with Crippen molar-refractivity contribution >= 4 is 17.7 Å². The Hall–Kier alpha value is -4.06. The molecule has 0 spiro atoms. The molecule has 0 bridgehead atoms. The van der Waals surface area contributed by atoms with E-state index in [4.69, 9.17) is 11.0 Å². The molecule has 9 heteroatoms. The Kier molecular flexibility index (Phi) is 6.68. The van der Waals surface area contributed by atoms with E-state index in [1.54, 1.807) is 30.3 Å². The van der Waals surface area contributed by atoms with E-state index in [2.05, 4.69) is 15.3 Å². The lowest BCUT2D eigenvalue weighted by Gasteiger charge is -2.38. The van der Waals surface area contributed by atoms with E-state index in [0.717, 1.165) is 18.4 Å². The largest absolute Gasteiger partial charge is 0.368 e. The second kappa shape index (κ2) is 9.83. The fourth-order valence-electron chi connectivity index (χ4n) is 4.09. The fraction of sp³-hybridized carbons (Fsp3) is 0.280. The highest BCUT2D eigenvalue weighted by atomic mass is 19.1. The van der Waals surface area contributed by atoms with E-state index in [-0.39, 0.29) is 35.2 Å². The number of rotatable bonds is 5. The van der Waals surface area contributed by atoms with Crippen molar-refractivity contribution in [1.82, 2.24) is 15.3 Å². The SMILES string of the molecule is CC1CCC(C(=O)NCc2ccc(F)cc2)CN1c1cc(-c2ccc(C#N)c(F)c2)nc(N)n1. The number of carbonyl (C=O) groups excluding carboxylic acids is 1. The number of piperidine rings is 1. The van der Waals surface area contributed by atoms with Gasteiger partial charge in [-0.3, -0.25) is 4.79 Å². The summed E-state index contributed by atoms with van der Waals surface area (Å²) in [5.41, 5.74) is 7.64. The summed E-state index contributed by atoms with van der Waals surface area (Å²) in [4.78, 5) is 23.4. The molecule has 2 aromatic carbocycles. The number of anilines is 2. The minimum atomic E-state index is -0.636. The van der Waals surface area contributed by atoms with Crippen LogP contribution in [0.15, 0.2) is 48.5 Å². The maximum Gasteiger partial charge on any atom is 0.225 e. The van der Waals surface area contributed by atoms with Gasteiger partial charge in [0.2, 0.25) is 11.9 Å². The molecule has 0 saturated carbocycles. The highest BCUT2D eigenvalue weighted by molar-refractivity contribution is 5.79. The summed E-state index contributed by atoms with van der Waals surface area (Å²) >= 11 is 0. The zero-order valence-electron chi connectivity index (χ0n) is 18.6. The van der Waals surface area contributed by atoms with Crippen LogP contribution in [0.3, 0.4) is 0 Å². The van der Waals surface area contributed by atoms with Crippen LogP contribution in [0.2, 0.25) is 0 Å². The number of nitrogens with zero attached hydrogens (tertiary/aromatic N) is 4. The molecule has 2 unspecified atom stereocenters. The molecule has 4 rings (SSSR count). The molecule has 3 aromatic rings. The first-order valence-electron chi connectivity index (χ1n) is 11.0. The summed E-state index contributed by atoms with van der Waals surface area (Å²) in [6, 6.07) is 13.9. The van der Waals surface area contributed by atoms with Crippen molar-refractivity contribution in [3.63, 3.8) is 0 Å². The van der Waals surface area contributed by atoms with Crippen molar-refractivity contribution in [2.75, 3.05) is 17.2 Å². The number of carbonyl (C=O) groups is 1. The molecule has 1 fully saturated rings. The van der Waals surface area contributed by atoms with Gasteiger partial charge in [0.15, 0.2) is 0 Å². The fourth-order valence-corrected chi connectivity index (χ4v) is 4.09. The summed E-state index contributed by atoms with van der Waals surface area (Å²) in [6.07, 6.45) is 1.50. The van der Waals surface area contributed by atoms with Crippen molar-refractivity contribution in [2.45, 2.75) is 32.4 Å². The zero-order chi connectivity index (χ0) is 24.2. The third-order valence-corrected chi connectivity index (χ3v) is 6.04. The Morgan fingerprint density at radius 2 is 1.94 bits per heavy atom. The monoisotopic (exact) mass is 462 g/mol. The van der Waals surface area contributed by atoms with Crippen LogP contribution in [-0.4, -0.2) is 28.5 Å². The van der Waals surface area contributed by atoms with Gasteiger partial charge in [0.25, 0.3) is 0 Å². The van der Waals surface area contributed by atoms with Gasteiger partial charge in [0.05, 0.1) is 17.2 Å². The van der Waals surface area contributed by atoms with Crippen LogP contribution in [0, 0.1) is 28.9 Å². The van der Waals surface area contributed by atoms with Gasteiger partial charge >= 0.3 is 0 Å². The third-order valence-electron chi connectivity index (χ3n) is 6.04. The number of aromatic nitrogens is 2. The van der Waals surface area contributed by atoms with Crippen molar-refractivity contribution in [1.29, 1.82) is 5.26 Å². The lowest BCUT2D eigenvalue weighted by atomic mass is 9.92. The molecule has 3 N–H and O–H groups in total. The van der Waals surface area contributed by atoms with E-state index in [1.165, 1.54) is 24.3 Å². The Bertz CT molecular complexity index is 1240. The Balaban J connectivity index is 1.51. The Labute approximate surface area is 196 Å². The molecular weight excluding hydrogens is 438 g/mol. The average molecular weight is 463 g/mol. The zero-order valence-corrected chi connectivity index (χ0v) is 18.6. The summed E-state index contributed by atoms with van der Waals surface area (Å²) in [6.45, 7) is 2.81. The van der Waals surface area contributed by atoms with Gasteiger partial charge in [-0.25, -0.2) is 13.8 Å². The molecule has 174 valence electrons. The first kappa shape index (κ1) is 23.1. The number of halogens is 2. The number of amides is 1. The molecule has 1 aliphatic heterocycles. The number of nitriles is 1. The van der Waals surface area contributed by atoms with Crippen LogP contribution >= 0.6 is 0 Å². The van der Waals surface area contributed by atoms with Gasteiger partial charge in [-0.2, -0.15) is 10.2 Å². The minimum absolute atomic E-state index is 0.0346. The van der Waals surface area contributed by atoms with Gasteiger partial charge in [-0.05, 0) is 49.6 Å². The molecular formula is C25H24F2N6O. The number of benzene rings is 2. The van der Waals surface area contributed by atoms with Crippen LogP contribution in [0.1, 0.15) is 30.9 Å². The average Bonchev–Trinajstić information content (AvgIpc) is 2.83. The Morgan fingerprint density at radius 3 is 2.65 bits per heavy atom. The molecule has 0 aliphatic carbocycles. The highest BCUT2D eigenvalue weighted by Gasteiger charge is 2.31. The number of hydrogen-bond acceptors (Lipinski definition) is 6. The number of nitrogens with one attached hydrogen (secondary N) is 1. The van der Waals surface area contributed by atoms with Gasteiger partial charge in [0, 0.05) is 30.8 Å². The van der Waals surface area contributed by atoms with Crippen molar-refractivity contribution in [2.24, 2.45) is 5.92 Å². The molecule has 1 amide bonds. The normalized spacial score (nSPS) is 17.8. The van der Waals surface area contributed by atoms with E-state index in [0.29, 0.717) is 30.2 Å². The maximum absolute atomic E-state index is 14.1. The third kappa shape index (κ3) is 5.12. The number of nitrogens with two attached hydrogens (primary N) is 1. The van der Waals surface area contributed by atoms with Crippen molar-refractivity contribution in [3.05, 3.63) is 71.3 Å². The van der Waals surface area contributed by atoms with Crippen LogP contribution in [0.4, 0.5) is 20.5 Å².